The van der Waals surface area contributed by atoms with Crippen LogP contribution in [0, 0.1) is 19.8 Å². The largest absolute Gasteiger partial charge is 0.394 e. The first kappa shape index (κ1) is 17.1. The molecule has 23 heavy (non-hydrogen) atoms. The Kier molecular flexibility index (Phi) is 5.44. The first-order valence-corrected chi connectivity index (χ1v) is 7.74. The summed E-state index contributed by atoms with van der Waals surface area (Å²) >= 11 is 0. The van der Waals surface area contributed by atoms with Gasteiger partial charge in [-0.1, -0.05) is 26.3 Å². The number of rotatable bonds is 6. The van der Waals surface area contributed by atoms with Crippen LogP contribution in [0.3, 0.4) is 0 Å². The molecule has 0 aliphatic carbocycles. The van der Waals surface area contributed by atoms with Gasteiger partial charge in [-0.15, -0.1) is 5.10 Å². The van der Waals surface area contributed by atoms with Gasteiger partial charge in [-0.05, 0) is 47.4 Å². The summed E-state index contributed by atoms with van der Waals surface area (Å²) in [5, 5.41) is 23.6. The SMILES string of the molecule is CC[C@H](C)[C@H](CO)NC(=O)c1ccc(C)c(C)c1-n1cnnn1. The zero-order chi connectivity index (χ0) is 17.0. The molecule has 0 saturated heterocycles. The number of carbonyl (C=O) groups excluding carboxylic acids is 1. The maximum Gasteiger partial charge on any atom is 0.253 e. The van der Waals surface area contributed by atoms with Gasteiger partial charge in [0.1, 0.15) is 6.33 Å². The molecule has 0 unspecified atom stereocenters. The molecule has 2 atom stereocenters. The van der Waals surface area contributed by atoms with Crippen molar-refractivity contribution < 1.29 is 9.90 Å². The number of carbonyl (C=O) groups is 1. The van der Waals surface area contributed by atoms with Crippen molar-refractivity contribution in [1.82, 2.24) is 25.5 Å². The second kappa shape index (κ2) is 7.32. The van der Waals surface area contributed by atoms with Crippen LogP contribution < -0.4 is 5.32 Å². The molecule has 2 rings (SSSR count). The first-order chi connectivity index (χ1) is 11.0. The van der Waals surface area contributed by atoms with E-state index in [0.29, 0.717) is 11.3 Å². The summed E-state index contributed by atoms with van der Waals surface area (Å²) in [7, 11) is 0. The van der Waals surface area contributed by atoms with Crippen molar-refractivity contribution in [2.24, 2.45) is 5.92 Å². The molecule has 7 heteroatoms. The van der Waals surface area contributed by atoms with Crippen molar-refractivity contribution in [3.63, 3.8) is 0 Å². The Balaban J connectivity index is 2.39. The van der Waals surface area contributed by atoms with Gasteiger partial charge in [0, 0.05) is 0 Å². The second-order valence-corrected chi connectivity index (χ2v) is 5.81. The van der Waals surface area contributed by atoms with Crippen molar-refractivity contribution in [1.29, 1.82) is 0 Å². The van der Waals surface area contributed by atoms with Gasteiger partial charge in [-0.25, -0.2) is 0 Å². The summed E-state index contributed by atoms with van der Waals surface area (Å²) in [4.78, 5) is 12.7. The van der Waals surface area contributed by atoms with Crippen LogP contribution in [-0.4, -0.2) is 43.9 Å². The van der Waals surface area contributed by atoms with Crippen LogP contribution in [-0.2, 0) is 0 Å². The van der Waals surface area contributed by atoms with Crippen LogP contribution in [0.5, 0.6) is 0 Å². The molecule has 1 aromatic heterocycles. The van der Waals surface area contributed by atoms with E-state index in [1.165, 1.54) is 11.0 Å². The summed E-state index contributed by atoms with van der Waals surface area (Å²) in [6, 6.07) is 3.38. The number of aromatic nitrogens is 4. The summed E-state index contributed by atoms with van der Waals surface area (Å²) in [6.45, 7) is 7.85. The van der Waals surface area contributed by atoms with Crippen LogP contribution in [0.25, 0.3) is 5.69 Å². The average molecular weight is 317 g/mol. The molecular weight excluding hydrogens is 294 g/mol. The van der Waals surface area contributed by atoms with Crippen molar-refractivity contribution in [3.05, 3.63) is 35.2 Å². The van der Waals surface area contributed by atoms with Crippen LogP contribution >= 0.6 is 0 Å². The lowest BCUT2D eigenvalue weighted by molar-refractivity contribution is 0.0891. The highest BCUT2D eigenvalue weighted by Crippen LogP contribution is 2.22. The molecule has 1 aromatic carbocycles. The van der Waals surface area contributed by atoms with E-state index in [0.717, 1.165) is 17.5 Å². The van der Waals surface area contributed by atoms with Crippen molar-refractivity contribution in [2.75, 3.05) is 6.61 Å². The number of nitrogens with zero attached hydrogens (tertiary/aromatic N) is 4. The number of nitrogens with one attached hydrogen (secondary N) is 1. The number of tetrazole rings is 1. The molecule has 0 saturated carbocycles. The molecule has 0 aliphatic rings. The van der Waals surface area contributed by atoms with E-state index in [1.54, 1.807) is 6.07 Å². The maximum atomic E-state index is 12.7. The van der Waals surface area contributed by atoms with E-state index in [9.17, 15) is 9.90 Å². The van der Waals surface area contributed by atoms with Crippen molar-refractivity contribution in [2.45, 2.75) is 40.2 Å². The Morgan fingerprint density at radius 2 is 2.13 bits per heavy atom. The molecule has 7 nitrogen and oxygen atoms in total. The Morgan fingerprint density at radius 3 is 2.70 bits per heavy atom. The number of hydrogen-bond donors (Lipinski definition) is 2. The second-order valence-electron chi connectivity index (χ2n) is 5.81. The molecule has 0 bridgehead atoms. The topological polar surface area (TPSA) is 92.9 Å². The highest BCUT2D eigenvalue weighted by atomic mass is 16.3. The molecule has 1 amide bonds. The molecule has 2 aromatic rings. The number of benzene rings is 1. The number of aryl methyl sites for hydroxylation is 1. The van der Waals surface area contributed by atoms with E-state index in [-0.39, 0.29) is 24.5 Å². The van der Waals surface area contributed by atoms with Crippen molar-refractivity contribution in [3.8, 4) is 5.69 Å². The standard InChI is InChI=1S/C16H23N5O2/c1-5-10(2)14(8-22)18-16(23)13-7-6-11(3)12(4)15(13)21-9-17-19-20-21/h6-7,9-10,14,22H,5,8H2,1-4H3,(H,18,23)/t10-,14-/m0/s1. The van der Waals surface area contributed by atoms with Gasteiger partial charge in [0.05, 0.1) is 23.9 Å². The lowest BCUT2D eigenvalue weighted by Crippen LogP contribution is -2.42. The van der Waals surface area contributed by atoms with Crippen LogP contribution in [0.2, 0.25) is 0 Å². The maximum absolute atomic E-state index is 12.7. The van der Waals surface area contributed by atoms with Gasteiger partial charge in [0.25, 0.3) is 5.91 Å². The lowest BCUT2D eigenvalue weighted by atomic mass is 9.98. The van der Waals surface area contributed by atoms with Crippen LogP contribution in [0.1, 0.15) is 41.8 Å². The molecule has 0 spiro atoms. The monoisotopic (exact) mass is 317 g/mol. The molecule has 0 aliphatic heterocycles. The highest BCUT2D eigenvalue weighted by molar-refractivity contribution is 5.98. The molecule has 124 valence electrons. The van der Waals surface area contributed by atoms with Crippen molar-refractivity contribution >= 4 is 5.91 Å². The summed E-state index contributed by atoms with van der Waals surface area (Å²) < 4.78 is 1.49. The number of hydrogen-bond acceptors (Lipinski definition) is 5. The highest BCUT2D eigenvalue weighted by Gasteiger charge is 2.22. The van der Waals surface area contributed by atoms with E-state index in [4.69, 9.17) is 0 Å². The van der Waals surface area contributed by atoms with Gasteiger partial charge in [-0.2, -0.15) is 4.68 Å². The van der Waals surface area contributed by atoms with E-state index >= 15 is 0 Å². The minimum absolute atomic E-state index is 0.0915. The zero-order valence-corrected chi connectivity index (χ0v) is 13.9. The Morgan fingerprint density at radius 1 is 1.39 bits per heavy atom. The number of aliphatic hydroxyl groups is 1. The first-order valence-electron chi connectivity index (χ1n) is 7.74. The fourth-order valence-electron chi connectivity index (χ4n) is 2.44. The van der Waals surface area contributed by atoms with Crippen LogP contribution in [0.15, 0.2) is 18.5 Å². The average Bonchev–Trinajstić information content (AvgIpc) is 3.07. The quantitative estimate of drug-likeness (QED) is 0.840. The fraction of sp³-hybridized carbons (Fsp3) is 0.500. The smallest absolute Gasteiger partial charge is 0.253 e. The van der Waals surface area contributed by atoms with Gasteiger partial charge in [0.2, 0.25) is 0 Å². The minimum atomic E-state index is -0.282. The number of aliphatic hydroxyl groups excluding tert-OH is 1. The lowest BCUT2D eigenvalue weighted by Gasteiger charge is -2.23. The summed E-state index contributed by atoms with van der Waals surface area (Å²) in [5.41, 5.74) is 3.14. The number of amides is 1. The van der Waals surface area contributed by atoms with E-state index in [1.807, 2.05) is 33.8 Å². The van der Waals surface area contributed by atoms with E-state index < -0.39 is 0 Å². The third-order valence-electron chi connectivity index (χ3n) is 4.37. The van der Waals surface area contributed by atoms with Gasteiger partial charge in [-0.3, -0.25) is 4.79 Å². The summed E-state index contributed by atoms with van der Waals surface area (Å²) in [5.74, 6) is -0.0510. The third kappa shape index (κ3) is 3.56. The Bertz CT molecular complexity index is 669. The fourth-order valence-corrected chi connectivity index (χ4v) is 2.44. The van der Waals surface area contributed by atoms with Gasteiger partial charge in [0.15, 0.2) is 0 Å². The van der Waals surface area contributed by atoms with Crippen LogP contribution in [0.4, 0.5) is 0 Å². The van der Waals surface area contributed by atoms with E-state index in [2.05, 4.69) is 20.8 Å². The Labute approximate surface area is 135 Å². The zero-order valence-electron chi connectivity index (χ0n) is 13.9. The molecule has 0 fully saturated rings. The van der Waals surface area contributed by atoms with Gasteiger partial charge >= 0.3 is 0 Å². The Hall–Kier alpha value is -2.28. The van der Waals surface area contributed by atoms with Gasteiger partial charge < -0.3 is 10.4 Å². The predicted molar refractivity (Wildman–Crippen MR) is 86.4 cm³/mol. The normalized spacial score (nSPS) is 13.6. The molecule has 0 radical (unpaired) electrons. The predicted octanol–water partition coefficient (Wildman–Crippen LogP) is 1.42. The molecule has 2 N–H and O–H groups in total. The molecular formula is C16H23N5O2. The minimum Gasteiger partial charge on any atom is -0.394 e. The molecule has 1 heterocycles. The third-order valence-corrected chi connectivity index (χ3v) is 4.37. The summed E-state index contributed by atoms with van der Waals surface area (Å²) in [6.07, 6.45) is 2.34.